The van der Waals surface area contributed by atoms with Crippen LogP contribution in [-0.4, -0.2) is 123 Å². The summed E-state index contributed by atoms with van der Waals surface area (Å²) >= 11 is 0. The predicted molar refractivity (Wildman–Crippen MR) is 226 cm³/mol. The number of nitrogens with one attached hydrogen (secondary N) is 1. The highest BCUT2D eigenvalue weighted by atomic mass is 16.6. The Hall–Kier alpha value is -4.39. The van der Waals surface area contributed by atoms with Crippen LogP contribution in [-0.2, 0) is 45.8 Å². The summed E-state index contributed by atoms with van der Waals surface area (Å²) in [6.07, 6.45) is 10.1. The molecule has 1 aromatic heterocycles. The molecule has 6 heterocycles. The summed E-state index contributed by atoms with van der Waals surface area (Å²) in [4.78, 5) is 53.9. The lowest BCUT2D eigenvalue weighted by molar-refractivity contribution is -0.228. The lowest BCUT2D eigenvalue weighted by Crippen LogP contribution is -2.81. The highest BCUT2D eigenvalue weighted by Crippen LogP contribution is 2.68. The number of fused-ring (bicyclic) bond motifs is 8. The Morgan fingerprint density at radius 2 is 1.72 bits per heavy atom. The quantitative estimate of drug-likeness (QED) is 0.192. The first-order valence-corrected chi connectivity index (χ1v) is 22.2. The van der Waals surface area contributed by atoms with Gasteiger partial charge in [0.15, 0.2) is 6.10 Å². The Bertz CT molecular complexity index is 2290. The summed E-state index contributed by atoms with van der Waals surface area (Å²) in [5.41, 5.74) is 0.0512. The molecule has 0 radical (unpaired) electrons. The van der Waals surface area contributed by atoms with E-state index in [4.69, 9.17) is 18.9 Å². The van der Waals surface area contributed by atoms with Crippen LogP contribution >= 0.6 is 0 Å². The molecule has 2 N–H and O–H groups in total. The number of piperidine rings is 1. The second kappa shape index (κ2) is 14.1. The molecule has 10 rings (SSSR count). The topological polar surface area (TPSA) is 134 Å². The van der Waals surface area contributed by atoms with Crippen molar-refractivity contribution in [2.75, 3.05) is 66.0 Å². The van der Waals surface area contributed by atoms with Gasteiger partial charge in [-0.2, -0.15) is 0 Å². The van der Waals surface area contributed by atoms with Crippen molar-refractivity contribution in [3.8, 4) is 5.75 Å². The largest absolute Gasteiger partial charge is 0.496 e. The Morgan fingerprint density at radius 1 is 0.950 bits per heavy atom. The highest BCUT2D eigenvalue weighted by molar-refractivity contribution is 5.95. The van der Waals surface area contributed by atoms with Gasteiger partial charge < -0.3 is 38.8 Å². The molecule has 4 fully saturated rings. The van der Waals surface area contributed by atoms with Crippen LogP contribution in [0.2, 0.25) is 0 Å². The number of hydrogen-bond donors (Lipinski definition) is 2. The summed E-state index contributed by atoms with van der Waals surface area (Å²) in [6.45, 7) is 7.65. The van der Waals surface area contributed by atoms with E-state index in [2.05, 4.69) is 51.2 Å². The van der Waals surface area contributed by atoms with Crippen LogP contribution < -0.4 is 9.64 Å². The van der Waals surface area contributed by atoms with E-state index in [9.17, 15) is 14.7 Å². The highest BCUT2D eigenvalue weighted by Gasteiger charge is 2.80. The number of methoxy groups -OCH3 is 3. The Kier molecular flexibility index (Phi) is 9.32. The van der Waals surface area contributed by atoms with E-state index in [0.29, 0.717) is 49.9 Å². The number of carbonyl (C=O) groups excluding carboxylic acids is 3. The average Bonchev–Trinajstić information content (AvgIpc) is 3.92. The monoisotopic (exact) mass is 820 g/mol. The minimum absolute atomic E-state index is 0.217. The fraction of sp³-hybridized carbons (Fsp3) is 0.604. The first kappa shape index (κ1) is 39.7. The third-order valence-electron chi connectivity index (χ3n) is 16.8. The number of carbonyl (C=O) groups is 3. The molecule has 2 aromatic carbocycles. The van der Waals surface area contributed by atoms with Crippen LogP contribution in [0.15, 0.2) is 48.6 Å². The van der Waals surface area contributed by atoms with E-state index in [1.165, 1.54) is 40.4 Å². The summed E-state index contributed by atoms with van der Waals surface area (Å²) in [5.74, 6) is 0.0532. The number of aromatic nitrogens is 1. The molecule has 3 aromatic rings. The second-order valence-corrected chi connectivity index (χ2v) is 19.0. The summed E-state index contributed by atoms with van der Waals surface area (Å²) in [6, 6.07) is 11.4. The molecule has 2 saturated carbocycles. The van der Waals surface area contributed by atoms with Gasteiger partial charge in [0.25, 0.3) is 0 Å². The lowest BCUT2D eigenvalue weighted by atomic mass is 9.47. The van der Waals surface area contributed by atoms with Crippen molar-refractivity contribution in [1.29, 1.82) is 0 Å². The van der Waals surface area contributed by atoms with Gasteiger partial charge in [0.2, 0.25) is 5.60 Å². The molecule has 5 aliphatic heterocycles. The minimum atomic E-state index is -2.27. The fourth-order valence-corrected chi connectivity index (χ4v) is 14.7. The van der Waals surface area contributed by atoms with Crippen LogP contribution in [0.1, 0.15) is 81.2 Å². The number of para-hydroxylation sites is 1. The number of benzene rings is 2. The molecule has 12 nitrogen and oxygen atoms in total. The van der Waals surface area contributed by atoms with Crippen molar-refractivity contribution in [3.63, 3.8) is 0 Å². The van der Waals surface area contributed by atoms with Crippen LogP contribution in [0, 0.1) is 23.2 Å². The van der Waals surface area contributed by atoms with Crippen molar-refractivity contribution < 1.29 is 38.4 Å². The number of hydrogen-bond acceptors (Lipinski definition) is 11. The number of esters is 3. The summed E-state index contributed by atoms with van der Waals surface area (Å²) in [5, 5.41) is 14.5. The van der Waals surface area contributed by atoms with E-state index < -0.39 is 45.9 Å². The SMILES string of the molecule is CC[C@]12C=CCN3CC[C@@]4(c5cc([C@]6(C(=O)OC)C[C@H]7CN(CCc8c6[nH]c6ccccc86)C[C@H]6CCCC[C@H]67)c(OC)cc5N(C)[C@H]4[C@@](O)(C(=O)OC)[C@@H]1OC(C)=O)[C@@H]32. The Labute approximate surface area is 352 Å². The van der Waals surface area contributed by atoms with Crippen molar-refractivity contribution >= 4 is 34.5 Å². The van der Waals surface area contributed by atoms with Crippen LogP contribution in [0.4, 0.5) is 5.69 Å². The molecule has 11 atom stereocenters. The Morgan fingerprint density at radius 3 is 2.47 bits per heavy atom. The van der Waals surface area contributed by atoms with Crippen molar-refractivity contribution in [3.05, 3.63) is 70.9 Å². The maximum Gasteiger partial charge on any atom is 0.344 e. The third-order valence-corrected chi connectivity index (χ3v) is 16.8. The summed E-state index contributed by atoms with van der Waals surface area (Å²) in [7, 11) is 6.34. The standard InChI is InChI=1S/C48H60N4O8/c1-7-45-18-12-20-52-22-19-46(40(45)52)34-23-35(38(57-4)24-37(34)50(3)41(46)48(56,44(55)59-6)42(45)60-28(2)53)47(43(54)58-5)25-30-27-51(26-29-13-8-9-14-31(29)30)21-17-33-32-15-10-11-16-36(32)49-39(33)47/h10-12,15-16,18,23-24,29-31,40-42,49,56H,7-9,13-14,17,19-22,25-27H2,1-6H3/t29-,30+,31-,40+,41-,42-,45-,46-,47-,48+/m1/s1. The maximum atomic E-state index is 15.5. The fourth-order valence-electron chi connectivity index (χ4n) is 14.7. The predicted octanol–water partition coefficient (Wildman–Crippen LogP) is 5.27. The van der Waals surface area contributed by atoms with Crippen molar-refractivity contribution in [2.45, 2.75) is 99.8 Å². The molecule has 2 bridgehead atoms. The van der Waals surface area contributed by atoms with Gasteiger partial charge in [-0.15, -0.1) is 0 Å². The molecule has 1 unspecified atom stereocenters. The van der Waals surface area contributed by atoms with Crippen molar-refractivity contribution in [2.24, 2.45) is 23.2 Å². The number of likely N-dealkylation sites (N-methyl/N-ethyl adjacent to an activating group) is 1. The zero-order chi connectivity index (χ0) is 41.9. The molecular weight excluding hydrogens is 761 g/mol. The molecule has 60 heavy (non-hydrogen) atoms. The van der Waals surface area contributed by atoms with Gasteiger partial charge in [-0.3, -0.25) is 14.5 Å². The third kappa shape index (κ3) is 5.04. The lowest BCUT2D eigenvalue weighted by Gasteiger charge is -2.63. The molecule has 320 valence electrons. The minimum Gasteiger partial charge on any atom is -0.496 e. The number of nitrogens with zero attached hydrogens (tertiary/aromatic N) is 3. The molecule has 1 spiro atoms. The number of anilines is 1. The number of aromatic amines is 1. The number of ether oxygens (including phenoxy) is 4. The maximum absolute atomic E-state index is 15.5. The van der Waals surface area contributed by atoms with E-state index in [1.54, 1.807) is 7.11 Å². The molecular formula is C48H60N4O8. The van der Waals surface area contributed by atoms with E-state index in [-0.39, 0.29) is 17.9 Å². The van der Waals surface area contributed by atoms with E-state index in [0.717, 1.165) is 71.5 Å². The molecule has 7 aliphatic rings. The number of H-pyrrole nitrogens is 1. The van der Waals surface area contributed by atoms with Gasteiger partial charge in [0.05, 0.1) is 27.4 Å². The molecule has 2 aliphatic carbocycles. The van der Waals surface area contributed by atoms with E-state index in [1.807, 2.05) is 31.0 Å². The molecule has 0 amide bonds. The molecule has 12 heteroatoms. The Balaban J connectivity index is 1.28. The zero-order valence-electron chi connectivity index (χ0n) is 35.9. The summed E-state index contributed by atoms with van der Waals surface area (Å²) < 4.78 is 24.2. The smallest absolute Gasteiger partial charge is 0.344 e. The van der Waals surface area contributed by atoms with Gasteiger partial charge in [0.1, 0.15) is 11.2 Å². The van der Waals surface area contributed by atoms with Gasteiger partial charge in [0, 0.05) is 90.9 Å². The van der Waals surface area contributed by atoms with E-state index >= 15 is 4.79 Å². The van der Waals surface area contributed by atoms with Gasteiger partial charge in [-0.25, -0.2) is 4.79 Å². The normalized spacial score (nSPS) is 37.6. The van der Waals surface area contributed by atoms with Crippen LogP contribution in [0.25, 0.3) is 10.9 Å². The average molecular weight is 821 g/mol. The first-order chi connectivity index (χ1) is 28.9. The second-order valence-electron chi connectivity index (χ2n) is 19.0. The van der Waals surface area contributed by atoms with Gasteiger partial charge in [-0.05, 0) is 86.1 Å². The van der Waals surface area contributed by atoms with Gasteiger partial charge in [-0.1, -0.05) is 50.1 Å². The van der Waals surface area contributed by atoms with Crippen LogP contribution in [0.5, 0.6) is 5.75 Å². The number of aliphatic hydroxyl groups is 1. The van der Waals surface area contributed by atoms with Gasteiger partial charge >= 0.3 is 17.9 Å². The van der Waals surface area contributed by atoms with Crippen molar-refractivity contribution in [1.82, 2.24) is 14.8 Å². The zero-order valence-corrected chi connectivity index (χ0v) is 35.9. The van der Waals surface area contributed by atoms with Crippen LogP contribution in [0.3, 0.4) is 0 Å². The molecule has 2 saturated heterocycles. The first-order valence-electron chi connectivity index (χ1n) is 22.2. The number of rotatable bonds is 6.